The minimum absolute atomic E-state index is 0.210. The van der Waals surface area contributed by atoms with Crippen LogP contribution in [0.1, 0.15) is 23.2 Å². The number of amides is 1. The van der Waals surface area contributed by atoms with Crippen molar-refractivity contribution >= 4 is 17.6 Å². The lowest BCUT2D eigenvalue weighted by atomic mass is 9.79. The molecule has 0 bridgehead atoms. The van der Waals surface area contributed by atoms with Gasteiger partial charge in [-0.3, -0.25) is 4.79 Å². The van der Waals surface area contributed by atoms with Gasteiger partial charge in [-0.2, -0.15) is 0 Å². The third-order valence-electron chi connectivity index (χ3n) is 3.81. The quantitative estimate of drug-likeness (QED) is 0.651. The van der Waals surface area contributed by atoms with Crippen LogP contribution in [0, 0.1) is 5.41 Å². The fourth-order valence-electron chi connectivity index (χ4n) is 2.34. The molecule has 0 unspecified atom stereocenters. The van der Waals surface area contributed by atoms with E-state index in [-0.39, 0.29) is 18.0 Å². The maximum Gasteiger partial charge on any atom is 0.339 e. The summed E-state index contributed by atoms with van der Waals surface area (Å²) in [5.41, 5.74) is 5.18. The average Bonchev–Trinajstić information content (AvgIpc) is 2.47. The number of rotatable bonds is 4. The molecule has 1 aliphatic rings. The van der Waals surface area contributed by atoms with E-state index in [0.717, 1.165) is 0 Å². The zero-order valence-corrected chi connectivity index (χ0v) is 11.5. The summed E-state index contributed by atoms with van der Waals surface area (Å²) in [7, 11) is 0. The molecule has 1 aromatic carbocycles. The highest BCUT2D eigenvalue weighted by molar-refractivity contribution is 5.97. The smallest absolute Gasteiger partial charge is 0.339 e. The fraction of sp³-hybridized carbons (Fsp3) is 0.429. The van der Waals surface area contributed by atoms with E-state index in [9.17, 15) is 14.7 Å². The Bertz CT molecular complexity index is 552. The number of aromatic hydroxyl groups is 1. The van der Waals surface area contributed by atoms with Crippen molar-refractivity contribution in [1.82, 2.24) is 0 Å². The zero-order chi connectivity index (χ0) is 15.5. The van der Waals surface area contributed by atoms with Gasteiger partial charge in [-0.05, 0) is 25.0 Å². The maximum absolute atomic E-state index is 12.4. The van der Waals surface area contributed by atoms with Gasteiger partial charge in [-0.1, -0.05) is 0 Å². The standard InChI is InChI=1S/C14H18N2O5/c15-8-14(3-5-21-6-4-14)13(20)16-9-1-2-10(12(18)19)11(17)7-9/h1-2,7,17H,3-6,8,15H2,(H,16,20)(H,18,19). The normalized spacial score (nSPS) is 17.2. The molecule has 1 aliphatic heterocycles. The lowest BCUT2D eigenvalue weighted by molar-refractivity contribution is -0.130. The second-order valence-corrected chi connectivity index (χ2v) is 5.09. The molecule has 7 nitrogen and oxygen atoms in total. The number of carboxylic acids is 1. The highest BCUT2D eigenvalue weighted by atomic mass is 16.5. The first-order chi connectivity index (χ1) is 9.98. The molecule has 0 atom stereocenters. The van der Waals surface area contributed by atoms with E-state index in [4.69, 9.17) is 15.6 Å². The number of nitrogens with two attached hydrogens (primary N) is 1. The lowest BCUT2D eigenvalue weighted by Crippen LogP contribution is -2.46. The van der Waals surface area contributed by atoms with E-state index in [1.807, 2.05) is 0 Å². The van der Waals surface area contributed by atoms with Crippen LogP contribution in [-0.4, -0.2) is 41.8 Å². The second-order valence-electron chi connectivity index (χ2n) is 5.09. The number of nitrogens with one attached hydrogen (secondary N) is 1. The van der Waals surface area contributed by atoms with E-state index in [0.29, 0.717) is 31.7 Å². The molecule has 1 amide bonds. The molecule has 1 heterocycles. The Morgan fingerprint density at radius 1 is 1.33 bits per heavy atom. The molecule has 21 heavy (non-hydrogen) atoms. The number of phenols is 1. The van der Waals surface area contributed by atoms with Crippen molar-refractivity contribution < 1.29 is 24.5 Å². The number of carbonyl (C=O) groups excluding carboxylic acids is 1. The molecule has 0 spiro atoms. The van der Waals surface area contributed by atoms with Crippen molar-refractivity contribution in [3.8, 4) is 5.75 Å². The van der Waals surface area contributed by atoms with Crippen molar-refractivity contribution in [2.75, 3.05) is 25.1 Å². The van der Waals surface area contributed by atoms with E-state index < -0.39 is 17.1 Å². The van der Waals surface area contributed by atoms with Gasteiger partial charge in [-0.25, -0.2) is 4.79 Å². The van der Waals surface area contributed by atoms with Crippen molar-refractivity contribution in [3.05, 3.63) is 23.8 Å². The summed E-state index contributed by atoms with van der Waals surface area (Å²) in [6, 6.07) is 3.89. The molecule has 1 saturated heterocycles. The molecule has 2 rings (SSSR count). The van der Waals surface area contributed by atoms with Crippen molar-refractivity contribution in [1.29, 1.82) is 0 Å². The summed E-state index contributed by atoms with van der Waals surface area (Å²) in [5, 5.41) is 21.2. The van der Waals surface area contributed by atoms with Crippen LogP contribution in [0.25, 0.3) is 0 Å². The summed E-state index contributed by atoms with van der Waals surface area (Å²) >= 11 is 0. The topological polar surface area (TPSA) is 122 Å². The fourth-order valence-corrected chi connectivity index (χ4v) is 2.34. The largest absolute Gasteiger partial charge is 0.507 e. The molecule has 0 aromatic heterocycles. The second kappa shape index (κ2) is 6.11. The molecule has 0 saturated carbocycles. The Kier molecular flexibility index (Phi) is 4.44. The number of carbonyl (C=O) groups is 2. The molecule has 7 heteroatoms. The van der Waals surface area contributed by atoms with Crippen LogP contribution >= 0.6 is 0 Å². The number of carboxylic acid groups (broad SMARTS) is 1. The summed E-state index contributed by atoms with van der Waals surface area (Å²) in [6.45, 7) is 1.17. The van der Waals surface area contributed by atoms with Gasteiger partial charge in [0.05, 0.1) is 5.41 Å². The summed E-state index contributed by atoms with van der Waals surface area (Å²) < 4.78 is 5.25. The van der Waals surface area contributed by atoms with Crippen LogP contribution in [0.3, 0.4) is 0 Å². The first-order valence-electron chi connectivity index (χ1n) is 6.64. The Balaban J connectivity index is 2.15. The molecule has 1 fully saturated rings. The third-order valence-corrected chi connectivity index (χ3v) is 3.81. The van der Waals surface area contributed by atoms with Crippen LogP contribution in [0.5, 0.6) is 5.75 Å². The Morgan fingerprint density at radius 3 is 2.52 bits per heavy atom. The average molecular weight is 294 g/mol. The number of hydrogen-bond acceptors (Lipinski definition) is 5. The van der Waals surface area contributed by atoms with Crippen LogP contribution in [0.15, 0.2) is 18.2 Å². The first kappa shape index (κ1) is 15.3. The SMILES string of the molecule is NCC1(C(=O)Nc2ccc(C(=O)O)c(O)c2)CCOCC1. The molecular weight excluding hydrogens is 276 g/mol. The highest BCUT2D eigenvalue weighted by Gasteiger charge is 2.38. The van der Waals surface area contributed by atoms with Gasteiger partial charge in [0.1, 0.15) is 11.3 Å². The van der Waals surface area contributed by atoms with E-state index >= 15 is 0 Å². The van der Waals surface area contributed by atoms with E-state index in [2.05, 4.69) is 5.32 Å². The van der Waals surface area contributed by atoms with Gasteiger partial charge in [0.2, 0.25) is 5.91 Å². The predicted molar refractivity (Wildman–Crippen MR) is 75.2 cm³/mol. The van der Waals surface area contributed by atoms with E-state index in [1.165, 1.54) is 18.2 Å². The summed E-state index contributed by atoms with van der Waals surface area (Å²) in [5.74, 6) is -1.86. The number of benzene rings is 1. The van der Waals surface area contributed by atoms with Crippen LogP contribution in [0.4, 0.5) is 5.69 Å². The summed E-state index contributed by atoms with van der Waals surface area (Å²) in [6.07, 6.45) is 1.07. The molecular formula is C14H18N2O5. The molecule has 114 valence electrons. The van der Waals surface area contributed by atoms with E-state index in [1.54, 1.807) is 0 Å². The first-order valence-corrected chi connectivity index (χ1v) is 6.64. The minimum atomic E-state index is -1.23. The molecule has 1 aromatic rings. The minimum Gasteiger partial charge on any atom is -0.507 e. The Hall–Kier alpha value is -2.12. The van der Waals surface area contributed by atoms with Crippen LogP contribution in [-0.2, 0) is 9.53 Å². The van der Waals surface area contributed by atoms with Crippen molar-refractivity contribution in [2.24, 2.45) is 11.1 Å². The third kappa shape index (κ3) is 3.14. The zero-order valence-electron chi connectivity index (χ0n) is 11.5. The number of ether oxygens (including phenoxy) is 1. The van der Waals surface area contributed by atoms with Gasteiger partial charge in [0.25, 0.3) is 0 Å². The van der Waals surface area contributed by atoms with Gasteiger partial charge < -0.3 is 26.0 Å². The lowest BCUT2D eigenvalue weighted by Gasteiger charge is -2.34. The van der Waals surface area contributed by atoms with Gasteiger partial charge in [-0.15, -0.1) is 0 Å². The summed E-state index contributed by atoms with van der Waals surface area (Å²) in [4.78, 5) is 23.2. The molecule has 5 N–H and O–H groups in total. The van der Waals surface area contributed by atoms with Crippen LogP contribution in [0.2, 0.25) is 0 Å². The van der Waals surface area contributed by atoms with Crippen LogP contribution < -0.4 is 11.1 Å². The Morgan fingerprint density at radius 2 is 2.00 bits per heavy atom. The highest BCUT2D eigenvalue weighted by Crippen LogP contribution is 2.31. The number of anilines is 1. The maximum atomic E-state index is 12.4. The predicted octanol–water partition coefficient (Wildman–Crippen LogP) is 0.784. The van der Waals surface area contributed by atoms with Crippen molar-refractivity contribution in [3.63, 3.8) is 0 Å². The molecule has 0 aliphatic carbocycles. The van der Waals surface area contributed by atoms with Gasteiger partial charge >= 0.3 is 5.97 Å². The number of aromatic carboxylic acids is 1. The number of hydrogen-bond donors (Lipinski definition) is 4. The van der Waals surface area contributed by atoms with Gasteiger partial charge in [0, 0.05) is 31.5 Å². The van der Waals surface area contributed by atoms with Gasteiger partial charge in [0.15, 0.2) is 0 Å². The molecule has 0 radical (unpaired) electrons. The Labute approximate surface area is 121 Å². The van der Waals surface area contributed by atoms with Crippen molar-refractivity contribution in [2.45, 2.75) is 12.8 Å². The monoisotopic (exact) mass is 294 g/mol.